The first kappa shape index (κ1) is 12.1. The minimum absolute atomic E-state index is 0.225. The molecule has 0 aromatic heterocycles. The lowest BCUT2D eigenvalue weighted by atomic mass is 9.95. The van der Waals surface area contributed by atoms with Gasteiger partial charge in [0.1, 0.15) is 6.73 Å². The maximum Gasteiger partial charge on any atom is 0.101 e. The van der Waals surface area contributed by atoms with Crippen molar-refractivity contribution < 1.29 is 4.74 Å². The van der Waals surface area contributed by atoms with Gasteiger partial charge >= 0.3 is 0 Å². The third-order valence-electron chi connectivity index (χ3n) is 4.56. The molecule has 2 heteroatoms. The minimum atomic E-state index is 0.225. The summed E-state index contributed by atoms with van der Waals surface area (Å²) in [5.41, 5.74) is 5.57. The zero-order valence-corrected chi connectivity index (χ0v) is 11.8. The molecule has 2 aliphatic rings. The van der Waals surface area contributed by atoms with Crippen LogP contribution in [0.15, 0.2) is 48.5 Å². The largest absolute Gasteiger partial charge is 0.358 e. The van der Waals surface area contributed by atoms with E-state index in [0.717, 1.165) is 19.7 Å². The van der Waals surface area contributed by atoms with Gasteiger partial charge in [0.05, 0.1) is 6.10 Å². The van der Waals surface area contributed by atoms with E-state index in [1.54, 1.807) is 0 Å². The number of hydrogen-bond acceptors (Lipinski definition) is 2. The topological polar surface area (TPSA) is 12.5 Å². The van der Waals surface area contributed by atoms with Gasteiger partial charge in [0.15, 0.2) is 0 Å². The van der Waals surface area contributed by atoms with Crippen molar-refractivity contribution in [1.29, 1.82) is 0 Å². The molecule has 2 aliphatic heterocycles. The first-order chi connectivity index (χ1) is 9.81. The molecule has 2 heterocycles. The van der Waals surface area contributed by atoms with Crippen molar-refractivity contribution >= 4 is 0 Å². The van der Waals surface area contributed by atoms with E-state index in [-0.39, 0.29) is 6.10 Å². The number of rotatable bonds is 1. The van der Waals surface area contributed by atoms with Crippen molar-refractivity contribution in [3.63, 3.8) is 0 Å². The molecule has 0 radical (unpaired) electrons. The Morgan fingerprint density at radius 3 is 2.70 bits per heavy atom. The third kappa shape index (κ3) is 1.96. The SMILES string of the molecule is Cc1ccc([C@@H]2C[C@H]3c4ccccc4CN3CO2)cc1. The Kier molecular flexibility index (Phi) is 2.86. The number of nitrogens with zero attached hydrogens (tertiary/aromatic N) is 1. The van der Waals surface area contributed by atoms with Gasteiger partial charge in [-0.25, -0.2) is 0 Å². The second-order valence-electron chi connectivity index (χ2n) is 5.89. The van der Waals surface area contributed by atoms with Crippen molar-refractivity contribution in [1.82, 2.24) is 4.90 Å². The van der Waals surface area contributed by atoms with E-state index >= 15 is 0 Å². The van der Waals surface area contributed by atoms with Crippen LogP contribution in [0.4, 0.5) is 0 Å². The Hall–Kier alpha value is -1.64. The molecule has 2 aromatic carbocycles. The molecule has 1 fully saturated rings. The fourth-order valence-electron chi connectivity index (χ4n) is 3.41. The average Bonchev–Trinajstić information content (AvgIpc) is 2.86. The third-order valence-corrected chi connectivity index (χ3v) is 4.56. The van der Waals surface area contributed by atoms with Crippen LogP contribution in [0.1, 0.15) is 40.8 Å². The molecule has 0 aliphatic carbocycles. The Morgan fingerprint density at radius 2 is 1.85 bits per heavy atom. The second-order valence-corrected chi connectivity index (χ2v) is 5.89. The molecule has 0 amide bonds. The summed E-state index contributed by atoms with van der Waals surface area (Å²) in [5, 5.41) is 0. The molecule has 4 rings (SSSR count). The summed E-state index contributed by atoms with van der Waals surface area (Å²) in [6.45, 7) is 3.89. The number of hydrogen-bond donors (Lipinski definition) is 0. The van der Waals surface area contributed by atoms with Crippen molar-refractivity contribution in [2.75, 3.05) is 6.73 Å². The summed E-state index contributed by atoms with van der Waals surface area (Å²) in [6.07, 6.45) is 1.28. The zero-order chi connectivity index (χ0) is 13.5. The maximum atomic E-state index is 6.07. The summed E-state index contributed by atoms with van der Waals surface area (Å²) >= 11 is 0. The zero-order valence-electron chi connectivity index (χ0n) is 11.8. The van der Waals surface area contributed by atoms with Crippen molar-refractivity contribution in [3.05, 3.63) is 70.8 Å². The van der Waals surface area contributed by atoms with Gasteiger partial charge < -0.3 is 4.74 Å². The van der Waals surface area contributed by atoms with Crippen molar-refractivity contribution in [3.8, 4) is 0 Å². The highest BCUT2D eigenvalue weighted by Gasteiger charge is 2.36. The van der Waals surface area contributed by atoms with Crippen LogP contribution in [0.5, 0.6) is 0 Å². The van der Waals surface area contributed by atoms with Gasteiger partial charge in [-0.2, -0.15) is 0 Å². The number of benzene rings is 2. The minimum Gasteiger partial charge on any atom is -0.358 e. The van der Waals surface area contributed by atoms with Gasteiger partial charge in [-0.1, -0.05) is 54.1 Å². The van der Waals surface area contributed by atoms with Gasteiger partial charge in [0.25, 0.3) is 0 Å². The summed E-state index contributed by atoms with van der Waals surface area (Å²) in [6, 6.07) is 18.1. The maximum absolute atomic E-state index is 6.07. The van der Waals surface area contributed by atoms with Crippen molar-refractivity contribution in [2.24, 2.45) is 0 Å². The predicted molar refractivity (Wildman–Crippen MR) is 79.2 cm³/mol. The van der Waals surface area contributed by atoms with E-state index in [1.165, 1.54) is 22.3 Å². The average molecular weight is 265 g/mol. The number of aryl methyl sites for hydroxylation is 1. The Balaban J connectivity index is 1.61. The fraction of sp³-hybridized carbons (Fsp3) is 0.333. The summed E-state index contributed by atoms with van der Waals surface area (Å²) < 4.78 is 6.07. The van der Waals surface area contributed by atoms with E-state index in [2.05, 4.69) is 60.4 Å². The van der Waals surface area contributed by atoms with Gasteiger partial charge in [-0.15, -0.1) is 0 Å². The normalized spacial score (nSPS) is 25.2. The molecule has 1 saturated heterocycles. The molecule has 2 atom stereocenters. The van der Waals surface area contributed by atoms with Gasteiger partial charge in [-0.3, -0.25) is 4.90 Å². The van der Waals surface area contributed by atoms with Crippen LogP contribution in [0.3, 0.4) is 0 Å². The summed E-state index contributed by atoms with van der Waals surface area (Å²) in [7, 11) is 0. The predicted octanol–water partition coefficient (Wildman–Crippen LogP) is 3.97. The molecule has 20 heavy (non-hydrogen) atoms. The quantitative estimate of drug-likeness (QED) is 0.773. The van der Waals surface area contributed by atoms with Crippen LogP contribution in [0.2, 0.25) is 0 Å². The Labute approximate surface area is 120 Å². The lowest BCUT2D eigenvalue weighted by Gasteiger charge is -2.35. The molecule has 0 saturated carbocycles. The highest BCUT2D eigenvalue weighted by atomic mass is 16.5. The molecule has 0 spiro atoms. The molecule has 2 nitrogen and oxygen atoms in total. The number of ether oxygens (including phenoxy) is 1. The van der Waals surface area contributed by atoms with Crippen LogP contribution in [0, 0.1) is 6.92 Å². The van der Waals surface area contributed by atoms with Crippen LogP contribution in [0.25, 0.3) is 0 Å². The standard InChI is InChI=1S/C18H19NO/c1-13-6-8-14(9-7-13)18-10-17-16-5-3-2-4-15(16)11-19(17)12-20-18/h2-9,17-18H,10-12H2,1H3/t17-,18-/m0/s1. The van der Waals surface area contributed by atoms with Gasteiger partial charge in [0.2, 0.25) is 0 Å². The van der Waals surface area contributed by atoms with Crippen LogP contribution < -0.4 is 0 Å². The first-order valence-electron chi connectivity index (χ1n) is 7.31. The molecular formula is C18H19NO. The summed E-state index contributed by atoms with van der Waals surface area (Å²) in [5.74, 6) is 0. The van der Waals surface area contributed by atoms with Crippen LogP contribution in [-0.2, 0) is 11.3 Å². The molecule has 102 valence electrons. The van der Waals surface area contributed by atoms with Crippen molar-refractivity contribution in [2.45, 2.75) is 32.0 Å². The molecule has 2 aromatic rings. The number of fused-ring (bicyclic) bond motifs is 3. The Morgan fingerprint density at radius 1 is 1.05 bits per heavy atom. The van der Waals surface area contributed by atoms with E-state index in [4.69, 9.17) is 4.74 Å². The highest BCUT2D eigenvalue weighted by Crippen LogP contribution is 2.43. The smallest absolute Gasteiger partial charge is 0.101 e. The van der Waals surface area contributed by atoms with E-state index in [0.29, 0.717) is 6.04 Å². The Bertz CT molecular complexity index is 620. The fourth-order valence-corrected chi connectivity index (χ4v) is 3.41. The molecular weight excluding hydrogens is 246 g/mol. The first-order valence-corrected chi connectivity index (χ1v) is 7.31. The lowest BCUT2D eigenvalue weighted by molar-refractivity contribution is -0.0967. The van der Waals surface area contributed by atoms with Gasteiger partial charge in [-0.05, 0) is 30.0 Å². The van der Waals surface area contributed by atoms with E-state index in [1.807, 2.05) is 0 Å². The summed E-state index contributed by atoms with van der Waals surface area (Å²) in [4.78, 5) is 2.44. The lowest BCUT2D eigenvalue weighted by Crippen LogP contribution is -2.33. The van der Waals surface area contributed by atoms with Gasteiger partial charge in [0, 0.05) is 12.6 Å². The monoisotopic (exact) mass is 265 g/mol. The molecule has 0 unspecified atom stereocenters. The van der Waals surface area contributed by atoms with Crippen LogP contribution >= 0.6 is 0 Å². The highest BCUT2D eigenvalue weighted by molar-refractivity contribution is 5.35. The van der Waals surface area contributed by atoms with E-state index < -0.39 is 0 Å². The van der Waals surface area contributed by atoms with Crippen LogP contribution in [-0.4, -0.2) is 11.6 Å². The second kappa shape index (κ2) is 4.72. The molecule has 0 bridgehead atoms. The molecule has 0 N–H and O–H groups in total. The van der Waals surface area contributed by atoms with E-state index in [9.17, 15) is 0 Å².